The molecule has 0 aliphatic heterocycles. The summed E-state index contributed by atoms with van der Waals surface area (Å²) in [6.07, 6.45) is 3.00. The Morgan fingerprint density at radius 3 is 2.76 bits per heavy atom. The zero-order valence-electron chi connectivity index (χ0n) is 14.7. The molecule has 2 rings (SSSR count). The number of hydrogen-bond donors (Lipinski definition) is 2. The van der Waals surface area contributed by atoms with Crippen molar-refractivity contribution in [3.63, 3.8) is 0 Å². The third kappa shape index (κ3) is 5.47. The molecule has 0 aromatic heterocycles. The van der Waals surface area contributed by atoms with E-state index in [1.807, 2.05) is 30.5 Å². The van der Waals surface area contributed by atoms with Gasteiger partial charge in [0, 0.05) is 18.3 Å². The van der Waals surface area contributed by atoms with Crippen molar-refractivity contribution in [3.8, 4) is 11.8 Å². The highest BCUT2D eigenvalue weighted by molar-refractivity contribution is 7.85. The number of allylic oxidation sites excluding steroid dienone is 1. The molecule has 0 heterocycles. The van der Waals surface area contributed by atoms with E-state index in [1.165, 1.54) is 0 Å². The summed E-state index contributed by atoms with van der Waals surface area (Å²) in [7, 11) is 2.07. The second-order valence-corrected chi connectivity index (χ2v) is 6.20. The summed E-state index contributed by atoms with van der Waals surface area (Å²) >= 11 is 4.53. The summed E-state index contributed by atoms with van der Waals surface area (Å²) in [5.74, 6) is 5.53. The Kier molecular flexibility index (Phi) is 7.75. The van der Waals surface area contributed by atoms with Gasteiger partial charge in [-0.2, -0.15) is 0 Å². The SMILES string of the molecule is CCCN(C)CC=N/C(=C(\S)C#CCO)c1cccc2ccccc12. The van der Waals surface area contributed by atoms with Crippen LogP contribution in [0.25, 0.3) is 16.5 Å². The molecule has 3 nitrogen and oxygen atoms in total. The Balaban J connectivity index is 2.46. The summed E-state index contributed by atoms with van der Waals surface area (Å²) in [6.45, 7) is 3.75. The van der Waals surface area contributed by atoms with Crippen LogP contribution in [-0.2, 0) is 0 Å². The van der Waals surface area contributed by atoms with Crippen molar-refractivity contribution in [2.75, 3.05) is 26.7 Å². The number of thiol groups is 1. The predicted octanol–water partition coefficient (Wildman–Crippen LogP) is 3.85. The molecule has 0 spiro atoms. The Labute approximate surface area is 155 Å². The minimum atomic E-state index is -0.199. The quantitative estimate of drug-likeness (QED) is 0.471. The molecule has 0 saturated carbocycles. The molecule has 0 fully saturated rings. The molecule has 2 aromatic carbocycles. The number of rotatable bonds is 6. The fourth-order valence-electron chi connectivity index (χ4n) is 2.62. The smallest absolute Gasteiger partial charge is 0.104 e. The molecule has 0 aliphatic carbocycles. The van der Waals surface area contributed by atoms with Gasteiger partial charge in [-0.15, -0.1) is 12.6 Å². The maximum absolute atomic E-state index is 8.97. The summed E-state index contributed by atoms with van der Waals surface area (Å²) in [5, 5.41) is 11.2. The molecule has 1 N–H and O–H groups in total. The summed E-state index contributed by atoms with van der Waals surface area (Å²) in [6, 6.07) is 14.3. The molecule has 0 atom stereocenters. The van der Waals surface area contributed by atoms with Crippen molar-refractivity contribution in [1.29, 1.82) is 0 Å². The first-order valence-electron chi connectivity index (χ1n) is 8.39. The molecule has 0 radical (unpaired) electrons. The Morgan fingerprint density at radius 2 is 2.00 bits per heavy atom. The minimum absolute atomic E-state index is 0.199. The van der Waals surface area contributed by atoms with Crippen LogP contribution in [0, 0.1) is 11.8 Å². The molecular weight excluding hydrogens is 328 g/mol. The van der Waals surface area contributed by atoms with Crippen LogP contribution in [0.3, 0.4) is 0 Å². The standard InChI is InChI=1S/C21H24N2OS/c1-3-14-23(2)15-13-22-21(20(25)12-7-16-24)19-11-6-9-17-8-4-5-10-18(17)19/h4-6,8-11,13,24-25H,3,14-16H2,1-2H3/b21-20-,22-13?. The molecule has 0 saturated heterocycles. The first kappa shape index (κ1) is 19.3. The van der Waals surface area contributed by atoms with Gasteiger partial charge in [0.25, 0.3) is 0 Å². The van der Waals surface area contributed by atoms with Crippen molar-refractivity contribution in [2.24, 2.45) is 4.99 Å². The van der Waals surface area contributed by atoms with Crippen molar-refractivity contribution < 1.29 is 5.11 Å². The van der Waals surface area contributed by atoms with Crippen molar-refractivity contribution in [2.45, 2.75) is 13.3 Å². The molecule has 4 heteroatoms. The second-order valence-electron chi connectivity index (χ2n) is 5.76. The van der Waals surface area contributed by atoms with Gasteiger partial charge in [-0.05, 0) is 30.8 Å². The van der Waals surface area contributed by atoms with Crippen LogP contribution in [-0.4, -0.2) is 43.0 Å². The first-order chi connectivity index (χ1) is 12.2. The van der Waals surface area contributed by atoms with Gasteiger partial charge in [-0.25, -0.2) is 0 Å². The number of nitrogens with zero attached hydrogens (tertiary/aromatic N) is 2. The van der Waals surface area contributed by atoms with E-state index in [0.29, 0.717) is 4.91 Å². The van der Waals surface area contributed by atoms with E-state index < -0.39 is 0 Å². The lowest BCUT2D eigenvalue weighted by atomic mass is 10.0. The van der Waals surface area contributed by atoms with Gasteiger partial charge in [0.15, 0.2) is 0 Å². The van der Waals surface area contributed by atoms with Crippen LogP contribution in [0.15, 0.2) is 52.4 Å². The van der Waals surface area contributed by atoms with Gasteiger partial charge in [0.1, 0.15) is 6.61 Å². The number of aliphatic hydroxyl groups excluding tert-OH is 1. The van der Waals surface area contributed by atoms with Crippen LogP contribution in [0.4, 0.5) is 0 Å². The summed E-state index contributed by atoms with van der Waals surface area (Å²) in [5.41, 5.74) is 1.72. The highest BCUT2D eigenvalue weighted by atomic mass is 32.1. The number of fused-ring (bicyclic) bond motifs is 1. The molecule has 2 aromatic rings. The van der Waals surface area contributed by atoms with Crippen LogP contribution >= 0.6 is 12.6 Å². The molecule has 0 bridgehead atoms. The second kappa shape index (κ2) is 10.0. The Bertz CT molecular complexity index is 825. The van der Waals surface area contributed by atoms with E-state index in [0.717, 1.165) is 41.5 Å². The van der Waals surface area contributed by atoms with E-state index in [9.17, 15) is 0 Å². The molecule has 0 unspecified atom stereocenters. The minimum Gasteiger partial charge on any atom is -0.384 e. The zero-order chi connectivity index (χ0) is 18.1. The normalized spacial score (nSPS) is 12.4. The van der Waals surface area contributed by atoms with E-state index in [4.69, 9.17) is 5.11 Å². The van der Waals surface area contributed by atoms with E-state index >= 15 is 0 Å². The van der Waals surface area contributed by atoms with Crippen molar-refractivity contribution in [1.82, 2.24) is 4.90 Å². The van der Waals surface area contributed by atoms with Crippen molar-refractivity contribution >= 4 is 35.3 Å². The lowest BCUT2D eigenvalue weighted by molar-refractivity contribution is 0.350. The highest BCUT2D eigenvalue weighted by Gasteiger charge is 2.08. The maximum atomic E-state index is 8.97. The highest BCUT2D eigenvalue weighted by Crippen LogP contribution is 2.29. The van der Waals surface area contributed by atoms with Gasteiger partial charge in [0.2, 0.25) is 0 Å². The average molecular weight is 353 g/mol. The Hall–Kier alpha value is -2.06. The number of aliphatic imine (C=N–C) groups is 1. The topological polar surface area (TPSA) is 35.8 Å². The molecule has 25 heavy (non-hydrogen) atoms. The number of aliphatic hydroxyl groups is 1. The molecule has 0 amide bonds. The van der Waals surface area contributed by atoms with Crippen LogP contribution in [0.2, 0.25) is 0 Å². The van der Waals surface area contributed by atoms with Crippen LogP contribution in [0.5, 0.6) is 0 Å². The van der Waals surface area contributed by atoms with E-state index in [2.05, 4.69) is 66.5 Å². The lowest BCUT2D eigenvalue weighted by Crippen LogP contribution is -2.21. The zero-order valence-corrected chi connectivity index (χ0v) is 15.6. The molecule has 130 valence electrons. The van der Waals surface area contributed by atoms with Gasteiger partial charge < -0.3 is 10.0 Å². The average Bonchev–Trinajstić information content (AvgIpc) is 2.63. The third-order valence-electron chi connectivity index (χ3n) is 3.77. The lowest BCUT2D eigenvalue weighted by Gasteiger charge is -2.12. The predicted molar refractivity (Wildman–Crippen MR) is 111 cm³/mol. The van der Waals surface area contributed by atoms with Crippen LogP contribution in [0.1, 0.15) is 18.9 Å². The van der Waals surface area contributed by atoms with Gasteiger partial charge in [0.05, 0.1) is 10.6 Å². The number of benzene rings is 2. The Morgan fingerprint density at radius 1 is 1.24 bits per heavy atom. The van der Waals surface area contributed by atoms with E-state index in [-0.39, 0.29) is 6.61 Å². The molecular formula is C21H24N2OS. The monoisotopic (exact) mass is 352 g/mol. The fourth-order valence-corrected chi connectivity index (χ4v) is 2.87. The van der Waals surface area contributed by atoms with E-state index in [1.54, 1.807) is 0 Å². The van der Waals surface area contributed by atoms with Crippen molar-refractivity contribution in [3.05, 3.63) is 52.9 Å². The fraction of sp³-hybridized carbons (Fsp3) is 0.286. The van der Waals surface area contributed by atoms with Crippen LogP contribution < -0.4 is 0 Å². The largest absolute Gasteiger partial charge is 0.384 e. The van der Waals surface area contributed by atoms with Gasteiger partial charge >= 0.3 is 0 Å². The van der Waals surface area contributed by atoms with Gasteiger partial charge in [-0.1, -0.05) is 61.2 Å². The first-order valence-corrected chi connectivity index (χ1v) is 8.84. The summed E-state index contributed by atoms with van der Waals surface area (Å²) in [4.78, 5) is 7.44. The maximum Gasteiger partial charge on any atom is 0.104 e. The van der Waals surface area contributed by atoms with Gasteiger partial charge in [-0.3, -0.25) is 4.99 Å². The third-order valence-corrected chi connectivity index (χ3v) is 4.10. The summed E-state index contributed by atoms with van der Waals surface area (Å²) < 4.78 is 0. The number of hydrogen-bond acceptors (Lipinski definition) is 4. The molecule has 0 aliphatic rings.